The summed E-state index contributed by atoms with van der Waals surface area (Å²) in [5, 5.41) is 3.86. The van der Waals surface area contributed by atoms with Crippen LogP contribution in [-0.4, -0.2) is 56.4 Å². The normalized spacial score (nSPS) is 13.2. The molecular formula is C29H38N4O4. The number of nitrogen functional groups attached to an aromatic ring is 1. The third kappa shape index (κ3) is 6.98. The minimum absolute atomic E-state index is 0.0765. The summed E-state index contributed by atoms with van der Waals surface area (Å²) in [4.78, 5) is 28.0. The Labute approximate surface area is 218 Å². The predicted octanol–water partition coefficient (Wildman–Crippen LogP) is 4.56. The number of Topliss-reactive ketones (excluding diaryl/α,β-unsaturated/α-hetero) is 1. The lowest BCUT2D eigenvalue weighted by Crippen LogP contribution is -2.27. The number of methoxy groups -OCH3 is 2. The molecule has 1 aromatic heterocycles. The lowest BCUT2D eigenvalue weighted by molar-refractivity contribution is 0.0935. The highest BCUT2D eigenvalue weighted by molar-refractivity contribution is 6.00. The number of amides is 1. The maximum atomic E-state index is 12.2. The van der Waals surface area contributed by atoms with Crippen molar-refractivity contribution in [3.05, 3.63) is 58.8 Å². The van der Waals surface area contributed by atoms with E-state index < -0.39 is 0 Å². The fourth-order valence-electron chi connectivity index (χ4n) is 4.29. The van der Waals surface area contributed by atoms with Gasteiger partial charge in [-0.15, -0.1) is 0 Å². The fourth-order valence-corrected chi connectivity index (χ4v) is 4.29. The number of nitrogens with two attached hydrogens (primary N) is 1. The van der Waals surface area contributed by atoms with Crippen LogP contribution in [0.5, 0.6) is 5.75 Å². The number of anilines is 1. The second-order valence-corrected chi connectivity index (χ2v) is 9.35. The maximum Gasteiger partial charge on any atom is 0.251 e. The number of benzene rings is 2. The van der Waals surface area contributed by atoms with Crippen molar-refractivity contribution in [2.45, 2.75) is 33.1 Å². The molecule has 4 rings (SSSR count). The van der Waals surface area contributed by atoms with Gasteiger partial charge < -0.3 is 25.1 Å². The average Bonchev–Trinajstić information content (AvgIpc) is 3.18. The lowest BCUT2D eigenvalue weighted by atomic mass is 9.86. The number of hydrogen-bond acceptors (Lipinski definition) is 6. The van der Waals surface area contributed by atoms with Gasteiger partial charge >= 0.3 is 0 Å². The highest BCUT2D eigenvalue weighted by atomic mass is 16.5. The van der Waals surface area contributed by atoms with Gasteiger partial charge in [0.25, 0.3) is 5.91 Å². The molecule has 1 aliphatic carbocycles. The van der Waals surface area contributed by atoms with Crippen molar-refractivity contribution in [2.24, 2.45) is 18.0 Å². The van der Waals surface area contributed by atoms with Gasteiger partial charge in [-0.3, -0.25) is 14.6 Å². The van der Waals surface area contributed by atoms with Crippen LogP contribution in [0.25, 0.3) is 10.9 Å². The second-order valence-electron chi connectivity index (χ2n) is 9.35. The number of hydrogen-bond donors (Lipinski definition) is 2. The van der Waals surface area contributed by atoms with E-state index in [4.69, 9.17) is 15.2 Å². The Morgan fingerprint density at radius 2 is 1.95 bits per heavy atom. The first-order valence-electron chi connectivity index (χ1n) is 12.6. The van der Waals surface area contributed by atoms with Crippen molar-refractivity contribution in [3.63, 3.8) is 0 Å². The van der Waals surface area contributed by atoms with E-state index in [1.165, 1.54) is 19.3 Å². The Hall–Kier alpha value is -3.65. The largest absolute Gasteiger partial charge is 0.497 e. The van der Waals surface area contributed by atoms with Gasteiger partial charge in [0.1, 0.15) is 5.75 Å². The molecule has 0 spiro atoms. The number of fused-ring (bicyclic) bond motifs is 1. The van der Waals surface area contributed by atoms with Crippen molar-refractivity contribution in [3.8, 4) is 5.75 Å². The molecule has 1 heterocycles. The monoisotopic (exact) mass is 506 g/mol. The molecule has 0 saturated heterocycles. The summed E-state index contributed by atoms with van der Waals surface area (Å²) < 4.78 is 12.0. The molecule has 1 saturated carbocycles. The first-order valence-corrected chi connectivity index (χ1v) is 12.6. The Bertz CT molecular complexity index is 1270. The zero-order valence-corrected chi connectivity index (χ0v) is 22.5. The number of aliphatic imine (C=N–C) groups is 1. The molecule has 0 bridgehead atoms. The molecule has 1 fully saturated rings. The number of nitrogens with zero attached hydrogens (tertiary/aromatic N) is 2. The van der Waals surface area contributed by atoms with E-state index in [0.29, 0.717) is 24.4 Å². The molecule has 3 N–H and O–H groups in total. The van der Waals surface area contributed by atoms with Crippen LogP contribution >= 0.6 is 0 Å². The number of rotatable bonds is 9. The van der Waals surface area contributed by atoms with Gasteiger partial charge in [-0.2, -0.15) is 0 Å². The van der Waals surface area contributed by atoms with Gasteiger partial charge in [0.05, 0.1) is 19.4 Å². The van der Waals surface area contributed by atoms with Crippen LogP contribution < -0.4 is 15.8 Å². The van der Waals surface area contributed by atoms with E-state index in [-0.39, 0.29) is 11.7 Å². The second kappa shape index (κ2) is 13.1. The molecule has 0 unspecified atom stereocenters. The summed E-state index contributed by atoms with van der Waals surface area (Å²) in [7, 11) is 5.14. The third-order valence-electron chi connectivity index (χ3n) is 6.80. The molecule has 1 amide bonds. The minimum atomic E-state index is -0.108. The van der Waals surface area contributed by atoms with Gasteiger partial charge in [-0.25, -0.2) is 0 Å². The quantitative estimate of drug-likeness (QED) is 0.191. The third-order valence-corrected chi connectivity index (χ3v) is 6.80. The van der Waals surface area contributed by atoms with E-state index >= 15 is 0 Å². The number of ether oxygens (including phenoxy) is 2. The van der Waals surface area contributed by atoms with E-state index in [1.807, 2.05) is 49.0 Å². The molecule has 8 nitrogen and oxygen atoms in total. The standard InChI is InChI=1S/C17H25N3O2.C12H13NO2/c1-12-14(17(21)20-8-9-22-2)6-7-16(18)15(12)11-19-10-13-4-3-5-13;1-8(14)12-7-9-6-10(15-3)4-5-11(9)13(12)2/h6-7,11,13H,3-5,8-10,18H2,1-2H3,(H,20,21);4-7H,1-3H3. The van der Waals surface area contributed by atoms with E-state index in [1.54, 1.807) is 33.3 Å². The van der Waals surface area contributed by atoms with Crippen LogP contribution in [0, 0.1) is 12.8 Å². The highest BCUT2D eigenvalue weighted by Crippen LogP contribution is 2.27. The molecule has 8 heteroatoms. The van der Waals surface area contributed by atoms with Crippen LogP contribution in [0.3, 0.4) is 0 Å². The van der Waals surface area contributed by atoms with E-state index in [2.05, 4.69) is 10.3 Å². The van der Waals surface area contributed by atoms with Crippen LogP contribution in [0.15, 0.2) is 41.4 Å². The molecule has 1 aliphatic rings. The molecule has 0 atom stereocenters. The summed E-state index contributed by atoms with van der Waals surface area (Å²) in [6.07, 6.45) is 5.68. The van der Waals surface area contributed by atoms with Crippen molar-refractivity contribution in [1.29, 1.82) is 0 Å². The molecule has 0 radical (unpaired) electrons. The zero-order valence-electron chi connectivity index (χ0n) is 22.5. The number of nitrogens with one attached hydrogen (secondary N) is 1. The Kier molecular flexibility index (Phi) is 9.85. The highest BCUT2D eigenvalue weighted by Gasteiger charge is 2.17. The van der Waals surface area contributed by atoms with Gasteiger partial charge in [0.15, 0.2) is 5.78 Å². The van der Waals surface area contributed by atoms with Gasteiger partial charge in [0, 0.05) is 68.1 Å². The fraction of sp³-hybridized carbons (Fsp3) is 0.414. The SMILES string of the molecule is COCCNC(=O)c1ccc(N)c(C=NCC2CCC2)c1C.COc1ccc2c(c1)cc(C(C)=O)n2C. The Morgan fingerprint density at radius 3 is 2.57 bits per heavy atom. The summed E-state index contributed by atoms with van der Waals surface area (Å²) in [6, 6.07) is 11.2. The van der Waals surface area contributed by atoms with Crippen molar-refractivity contribution in [2.75, 3.05) is 39.6 Å². The van der Waals surface area contributed by atoms with Gasteiger partial charge in [-0.05, 0) is 67.6 Å². The summed E-state index contributed by atoms with van der Waals surface area (Å²) >= 11 is 0. The van der Waals surface area contributed by atoms with E-state index in [9.17, 15) is 9.59 Å². The van der Waals surface area contributed by atoms with E-state index in [0.717, 1.165) is 45.9 Å². The zero-order chi connectivity index (χ0) is 26.9. The molecule has 0 aliphatic heterocycles. The number of ketones is 1. The topological polar surface area (TPSA) is 108 Å². The maximum absolute atomic E-state index is 12.2. The summed E-state index contributed by atoms with van der Waals surface area (Å²) in [6.45, 7) is 5.32. The van der Waals surface area contributed by atoms with Crippen LogP contribution in [0.2, 0.25) is 0 Å². The molecular weight excluding hydrogens is 468 g/mol. The van der Waals surface area contributed by atoms with Crippen molar-refractivity contribution in [1.82, 2.24) is 9.88 Å². The van der Waals surface area contributed by atoms with Crippen LogP contribution in [-0.2, 0) is 11.8 Å². The molecule has 198 valence electrons. The van der Waals surface area contributed by atoms with Gasteiger partial charge in [-0.1, -0.05) is 6.42 Å². The summed E-state index contributed by atoms with van der Waals surface area (Å²) in [5.74, 6) is 1.50. The number of aryl methyl sites for hydroxylation is 1. The number of carbonyl (C=O) groups excluding carboxylic acids is 2. The van der Waals surface area contributed by atoms with Crippen LogP contribution in [0.1, 0.15) is 58.2 Å². The number of carbonyl (C=O) groups is 2. The summed E-state index contributed by atoms with van der Waals surface area (Å²) in [5.41, 5.74) is 10.8. The minimum Gasteiger partial charge on any atom is -0.497 e. The van der Waals surface area contributed by atoms with Crippen molar-refractivity contribution >= 4 is 34.5 Å². The molecule has 2 aromatic carbocycles. The Morgan fingerprint density at radius 1 is 1.19 bits per heavy atom. The predicted molar refractivity (Wildman–Crippen MR) is 149 cm³/mol. The van der Waals surface area contributed by atoms with Gasteiger partial charge in [0.2, 0.25) is 0 Å². The molecule has 37 heavy (non-hydrogen) atoms. The smallest absolute Gasteiger partial charge is 0.251 e. The Balaban J connectivity index is 0.000000220. The molecule has 3 aromatic rings. The first-order chi connectivity index (χ1) is 17.8. The first kappa shape index (κ1) is 27.9. The van der Waals surface area contributed by atoms with Crippen molar-refractivity contribution < 1.29 is 19.1 Å². The lowest BCUT2D eigenvalue weighted by Gasteiger charge is -2.22. The number of aromatic nitrogens is 1. The average molecular weight is 507 g/mol. The van der Waals surface area contributed by atoms with Crippen LogP contribution in [0.4, 0.5) is 5.69 Å².